The second-order valence-corrected chi connectivity index (χ2v) is 3.23. The molecule has 0 radical (unpaired) electrons. The summed E-state index contributed by atoms with van der Waals surface area (Å²) in [6.45, 7) is 2.91. The molecule has 0 bridgehead atoms. The van der Waals surface area contributed by atoms with Gasteiger partial charge in [0, 0.05) is 19.3 Å². The van der Waals surface area contributed by atoms with Gasteiger partial charge in [0.25, 0.3) is 0 Å². The van der Waals surface area contributed by atoms with Gasteiger partial charge < -0.3 is 4.90 Å². The van der Waals surface area contributed by atoms with Crippen LogP contribution < -0.4 is 4.90 Å². The fourth-order valence-corrected chi connectivity index (χ4v) is 1.32. The highest BCUT2D eigenvalue weighted by atomic mass is 19.1. The molecule has 1 aromatic rings. The Morgan fingerprint density at radius 1 is 1.43 bits per heavy atom. The van der Waals surface area contributed by atoms with Crippen LogP contribution in [0.4, 0.5) is 10.1 Å². The van der Waals surface area contributed by atoms with Gasteiger partial charge in [0.15, 0.2) is 0 Å². The van der Waals surface area contributed by atoms with Crippen LogP contribution in [0.3, 0.4) is 0 Å². The van der Waals surface area contributed by atoms with E-state index in [9.17, 15) is 4.39 Å². The summed E-state index contributed by atoms with van der Waals surface area (Å²) in [4.78, 5) is 1.93. The molecule has 14 heavy (non-hydrogen) atoms. The Hall–Kier alpha value is -1.56. The van der Waals surface area contributed by atoms with Crippen LogP contribution in [-0.4, -0.2) is 13.6 Å². The molecule has 1 rings (SSSR count). The Balaban J connectivity index is 2.98. The summed E-state index contributed by atoms with van der Waals surface area (Å²) >= 11 is 0. The van der Waals surface area contributed by atoms with Crippen molar-refractivity contribution in [3.63, 3.8) is 0 Å². The molecule has 0 amide bonds. The van der Waals surface area contributed by atoms with Gasteiger partial charge in [-0.25, -0.2) is 4.39 Å². The van der Waals surface area contributed by atoms with E-state index in [1.54, 1.807) is 6.07 Å². The van der Waals surface area contributed by atoms with Crippen molar-refractivity contribution in [2.24, 2.45) is 0 Å². The third kappa shape index (κ3) is 2.46. The van der Waals surface area contributed by atoms with Crippen molar-refractivity contribution >= 4 is 5.69 Å². The first-order chi connectivity index (χ1) is 6.67. The first-order valence-electron chi connectivity index (χ1n) is 4.59. The molecule has 0 aliphatic rings. The number of anilines is 1. The van der Waals surface area contributed by atoms with Crippen molar-refractivity contribution in [3.05, 3.63) is 29.6 Å². The predicted molar refractivity (Wildman–Crippen MR) is 54.7 cm³/mol. The molecule has 0 fully saturated rings. The lowest BCUT2D eigenvalue weighted by atomic mass is 10.2. The van der Waals surface area contributed by atoms with Crippen molar-refractivity contribution in [1.29, 1.82) is 5.26 Å². The lowest BCUT2D eigenvalue weighted by Gasteiger charge is -2.18. The zero-order valence-corrected chi connectivity index (χ0v) is 8.42. The molecule has 0 unspecified atom stereocenters. The van der Waals surface area contributed by atoms with Crippen molar-refractivity contribution < 1.29 is 4.39 Å². The fourth-order valence-electron chi connectivity index (χ4n) is 1.32. The minimum Gasteiger partial charge on any atom is -0.374 e. The number of rotatable bonds is 3. The van der Waals surface area contributed by atoms with Gasteiger partial charge in [-0.15, -0.1) is 0 Å². The van der Waals surface area contributed by atoms with Gasteiger partial charge in [-0.3, -0.25) is 0 Å². The maximum Gasteiger partial charge on any atom is 0.126 e. The molecule has 1 aromatic carbocycles. The first kappa shape index (κ1) is 10.5. The van der Waals surface area contributed by atoms with Crippen molar-refractivity contribution in [2.75, 3.05) is 18.5 Å². The van der Waals surface area contributed by atoms with Crippen LogP contribution in [0.25, 0.3) is 0 Å². The minimum absolute atomic E-state index is 0.359. The summed E-state index contributed by atoms with van der Waals surface area (Å²) in [7, 11) is 1.89. The standard InChI is InChI=1S/C11H13FN2/c1-3-4-14(2)11-6-9(8-13)5-10(12)7-11/h5-7H,3-4H2,1-2H3. The Kier molecular flexibility index (Phi) is 3.47. The molecule has 0 heterocycles. The number of nitrogens with zero attached hydrogens (tertiary/aromatic N) is 2. The van der Waals surface area contributed by atoms with Crippen molar-refractivity contribution in [3.8, 4) is 6.07 Å². The highest BCUT2D eigenvalue weighted by Gasteiger charge is 2.03. The van der Waals surface area contributed by atoms with E-state index >= 15 is 0 Å². The molecule has 3 heteroatoms. The largest absolute Gasteiger partial charge is 0.374 e. The normalized spacial score (nSPS) is 9.57. The SMILES string of the molecule is CCCN(C)c1cc(F)cc(C#N)c1. The van der Waals surface area contributed by atoms with Gasteiger partial charge in [-0.05, 0) is 24.6 Å². The van der Waals surface area contributed by atoms with Crippen LogP contribution in [0.15, 0.2) is 18.2 Å². The molecular formula is C11H13FN2. The second-order valence-electron chi connectivity index (χ2n) is 3.23. The Morgan fingerprint density at radius 2 is 2.14 bits per heavy atom. The maximum absolute atomic E-state index is 13.0. The summed E-state index contributed by atoms with van der Waals surface area (Å²) in [5.41, 5.74) is 1.12. The Labute approximate surface area is 83.6 Å². The van der Waals surface area contributed by atoms with Crippen molar-refractivity contribution in [2.45, 2.75) is 13.3 Å². The predicted octanol–water partition coefficient (Wildman–Crippen LogP) is 2.54. The van der Waals surface area contributed by atoms with Crippen LogP contribution in [0.2, 0.25) is 0 Å². The summed E-state index contributed by atoms with van der Waals surface area (Å²) in [6, 6.07) is 6.31. The molecule has 0 spiro atoms. The Morgan fingerprint density at radius 3 is 2.71 bits per heavy atom. The smallest absolute Gasteiger partial charge is 0.126 e. The monoisotopic (exact) mass is 192 g/mol. The second kappa shape index (κ2) is 4.61. The summed E-state index contributed by atoms with van der Waals surface area (Å²) in [5.74, 6) is -0.359. The third-order valence-electron chi connectivity index (χ3n) is 2.01. The fraction of sp³-hybridized carbons (Fsp3) is 0.364. The number of halogens is 1. The van der Waals surface area contributed by atoms with E-state index in [1.165, 1.54) is 12.1 Å². The van der Waals surface area contributed by atoms with Gasteiger partial charge in [-0.2, -0.15) is 5.26 Å². The molecule has 0 aliphatic carbocycles. The maximum atomic E-state index is 13.0. The van der Waals surface area contributed by atoms with Gasteiger partial charge in [0.2, 0.25) is 0 Å². The average molecular weight is 192 g/mol. The van der Waals surface area contributed by atoms with Crippen LogP contribution in [-0.2, 0) is 0 Å². The van der Waals surface area contributed by atoms with E-state index in [4.69, 9.17) is 5.26 Å². The summed E-state index contributed by atoms with van der Waals surface area (Å²) in [6.07, 6.45) is 0.995. The number of nitriles is 1. The molecule has 2 nitrogen and oxygen atoms in total. The summed E-state index contributed by atoms with van der Waals surface area (Å²) < 4.78 is 13.0. The van der Waals surface area contributed by atoms with Crippen LogP contribution in [0, 0.1) is 17.1 Å². The Bertz CT molecular complexity index is 355. The van der Waals surface area contributed by atoms with E-state index in [-0.39, 0.29) is 5.82 Å². The molecule has 0 saturated carbocycles. The van der Waals surface area contributed by atoms with Crippen LogP contribution in [0.1, 0.15) is 18.9 Å². The number of hydrogen-bond acceptors (Lipinski definition) is 2. The van der Waals surface area contributed by atoms with E-state index in [0.29, 0.717) is 5.56 Å². The van der Waals surface area contributed by atoms with Gasteiger partial charge in [0.1, 0.15) is 5.82 Å². The summed E-state index contributed by atoms with van der Waals surface area (Å²) in [5, 5.41) is 8.66. The quantitative estimate of drug-likeness (QED) is 0.735. The molecular weight excluding hydrogens is 179 g/mol. The third-order valence-corrected chi connectivity index (χ3v) is 2.01. The zero-order valence-electron chi connectivity index (χ0n) is 8.42. The van der Waals surface area contributed by atoms with Gasteiger partial charge >= 0.3 is 0 Å². The first-order valence-corrected chi connectivity index (χ1v) is 4.59. The molecule has 0 aliphatic heterocycles. The lowest BCUT2D eigenvalue weighted by Crippen LogP contribution is -2.17. The van der Waals surface area contributed by atoms with Crippen molar-refractivity contribution in [1.82, 2.24) is 0 Å². The topological polar surface area (TPSA) is 27.0 Å². The minimum atomic E-state index is -0.359. The lowest BCUT2D eigenvalue weighted by molar-refractivity contribution is 0.626. The van der Waals surface area contributed by atoms with E-state index in [2.05, 4.69) is 6.92 Å². The van der Waals surface area contributed by atoms with Gasteiger partial charge in [-0.1, -0.05) is 6.92 Å². The van der Waals surface area contributed by atoms with E-state index < -0.39 is 0 Å². The number of benzene rings is 1. The zero-order chi connectivity index (χ0) is 10.6. The van der Waals surface area contributed by atoms with Gasteiger partial charge in [0.05, 0.1) is 11.6 Å². The molecule has 0 N–H and O–H groups in total. The highest BCUT2D eigenvalue weighted by Crippen LogP contribution is 2.17. The average Bonchev–Trinajstić information content (AvgIpc) is 2.17. The van der Waals surface area contributed by atoms with E-state index in [0.717, 1.165) is 18.7 Å². The van der Waals surface area contributed by atoms with Crippen LogP contribution in [0.5, 0.6) is 0 Å². The molecule has 0 atom stereocenters. The highest BCUT2D eigenvalue weighted by molar-refractivity contribution is 5.51. The number of hydrogen-bond donors (Lipinski definition) is 0. The van der Waals surface area contributed by atoms with E-state index in [1.807, 2.05) is 18.0 Å². The molecule has 0 saturated heterocycles. The molecule has 74 valence electrons. The molecule has 0 aromatic heterocycles. The van der Waals surface area contributed by atoms with Crippen LogP contribution >= 0.6 is 0 Å².